The third kappa shape index (κ3) is 4.14. The van der Waals surface area contributed by atoms with E-state index in [0.717, 1.165) is 18.4 Å². The van der Waals surface area contributed by atoms with Gasteiger partial charge < -0.3 is 14.8 Å². The second-order valence-electron chi connectivity index (χ2n) is 3.66. The summed E-state index contributed by atoms with van der Waals surface area (Å²) in [7, 11) is 0. The van der Waals surface area contributed by atoms with E-state index in [2.05, 4.69) is 5.32 Å². The van der Waals surface area contributed by atoms with Crippen molar-refractivity contribution in [3.8, 4) is 0 Å². The molecule has 17 heavy (non-hydrogen) atoms. The zero-order chi connectivity index (χ0) is 12.8. The summed E-state index contributed by atoms with van der Waals surface area (Å²) in [5.41, 5.74) is -0.0214. The maximum atomic E-state index is 11.6. The van der Waals surface area contributed by atoms with Crippen molar-refractivity contribution in [2.24, 2.45) is 0 Å². The van der Waals surface area contributed by atoms with Crippen LogP contribution in [0.3, 0.4) is 0 Å². The molecule has 0 fully saturated rings. The van der Waals surface area contributed by atoms with Crippen LogP contribution in [-0.2, 0) is 0 Å². The molecular weight excluding hydrogens is 242 g/mol. The van der Waals surface area contributed by atoms with E-state index in [1.807, 2.05) is 13.2 Å². The second-order valence-corrected chi connectivity index (χ2v) is 4.65. The van der Waals surface area contributed by atoms with Crippen LogP contribution >= 0.6 is 11.8 Å². The molecule has 0 radical (unpaired) electrons. The van der Waals surface area contributed by atoms with E-state index in [9.17, 15) is 9.59 Å². The highest BCUT2D eigenvalue weighted by Gasteiger charge is 2.16. The van der Waals surface area contributed by atoms with Crippen molar-refractivity contribution in [2.75, 3.05) is 12.0 Å². The lowest BCUT2D eigenvalue weighted by Crippen LogP contribution is -2.32. The van der Waals surface area contributed by atoms with Crippen LogP contribution in [0.4, 0.5) is 0 Å². The van der Waals surface area contributed by atoms with Gasteiger partial charge in [0, 0.05) is 12.1 Å². The molecule has 0 aliphatic heterocycles. The summed E-state index contributed by atoms with van der Waals surface area (Å²) < 4.78 is 4.90. The van der Waals surface area contributed by atoms with Crippen LogP contribution in [0, 0.1) is 0 Å². The van der Waals surface area contributed by atoms with Gasteiger partial charge in [-0.2, -0.15) is 11.8 Å². The Morgan fingerprint density at radius 3 is 2.82 bits per heavy atom. The predicted molar refractivity (Wildman–Crippen MR) is 65.6 cm³/mol. The van der Waals surface area contributed by atoms with E-state index in [-0.39, 0.29) is 23.3 Å². The molecule has 1 aromatic heterocycles. The van der Waals surface area contributed by atoms with Gasteiger partial charge in [0.2, 0.25) is 0 Å². The molecule has 0 saturated heterocycles. The van der Waals surface area contributed by atoms with Gasteiger partial charge in [0.1, 0.15) is 6.26 Å². The minimum atomic E-state index is -1.11. The molecule has 0 saturated carbocycles. The highest BCUT2D eigenvalue weighted by atomic mass is 32.2. The zero-order valence-electron chi connectivity index (χ0n) is 9.73. The van der Waals surface area contributed by atoms with Crippen molar-refractivity contribution in [1.82, 2.24) is 5.32 Å². The summed E-state index contributed by atoms with van der Waals surface area (Å²) in [6, 6.07) is 1.26. The molecule has 0 aliphatic rings. The van der Waals surface area contributed by atoms with E-state index in [0.29, 0.717) is 0 Å². The highest BCUT2D eigenvalue weighted by molar-refractivity contribution is 7.98. The highest BCUT2D eigenvalue weighted by Crippen LogP contribution is 2.08. The number of carbonyl (C=O) groups excluding carboxylic acids is 1. The molecule has 6 heteroatoms. The van der Waals surface area contributed by atoms with Gasteiger partial charge in [-0.05, 0) is 25.4 Å². The van der Waals surface area contributed by atoms with Crippen LogP contribution in [0.15, 0.2) is 16.7 Å². The number of carboxylic acids is 1. The van der Waals surface area contributed by atoms with Crippen LogP contribution in [-0.4, -0.2) is 35.0 Å². The van der Waals surface area contributed by atoms with Crippen molar-refractivity contribution in [1.29, 1.82) is 0 Å². The van der Waals surface area contributed by atoms with Gasteiger partial charge in [-0.3, -0.25) is 4.79 Å². The lowest BCUT2D eigenvalue weighted by atomic mass is 10.2. The van der Waals surface area contributed by atoms with Crippen LogP contribution < -0.4 is 5.32 Å². The third-order valence-corrected chi connectivity index (χ3v) is 2.85. The topological polar surface area (TPSA) is 79.5 Å². The largest absolute Gasteiger partial charge is 0.478 e. The maximum Gasteiger partial charge on any atom is 0.338 e. The molecule has 2 N–H and O–H groups in total. The number of furan rings is 1. The molecule has 1 unspecified atom stereocenters. The van der Waals surface area contributed by atoms with Gasteiger partial charge in [0.15, 0.2) is 5.76 Å². The smallest absolute Gasteiger partial charge is 0.338 e. The molecule has 1 atom stereocenters. The first-order chi connectivity index (χ1) is 8.04. The molecule has 1 heterocycles. The van der Waals surface area contributed by atoms with Crippen molar-refractivity contribution in [3.63, 3.8) is 0 Å². The summed E-state index contributed by atoms with van der Waals surface area (Å²) in [5, 5.41) is 11.4. The van der Waals surface area contributed by atoms with Crippen LogP contribution in [0.5, 0.6) is 0 Å². The van der Waals surface area contributed by atoms with Crippen molar-refractivity contribution in [2.45, 2.75) is 19.4 Å². The summed E-state index contributed by atoms with van der Waals surface area (Å²) in [6.45, 7) is 1.90. The van der Waals surface area contributed by atoms with Gasteiger partial charge >= 0.3 is 5.97 Å². The molecule has 0 aliphatic carbocycles. The fourth-order valence-corrected chi connectivity index (χ4v) is 1.82. The first-order valence-corrected chi connectivity index (χ1v) is 6.55. The first-order valence-electron chi connectivity index (χ1n) is 5.16. The van der Waals surface area contributed by atoms with Gasteiger partial charge in [0.25, 0.3) is 5.91 Å². The monoisotopic (exact) mass is 257 g/mol. The molecule has 1 rings (SSSR count). The Morgan fingerprint density at radius 1 is 1.59 bits per heavy atom. The van der Waals surface area contributed by atoms with Gasteiger partial charge in [-0.25, -0.2) is 4.79 Å². The number of amides is 1. The average molecular weight is 257 g/mol. The Labute approximate surface area is 104 Å². The quantitative estimate of drug-likeness (QED) is 0.813. The van der Waals surface area contributed by atoms with Crippen molar-refractivity contribution in [3.05, 3.63) is 23.7 Å². The van der Waals surface area contributed by atoms with Gasteiger partial charge in [-0.15, -0.1) is 0 Å². The number of hydrogen-bond acceptors (Lipinski definition) is 4. The number of aromatic carboxylic acids is 1. The fourth-order valence-electron chi connectivity index (χ4n) is 1.23. The number of thioether (sulfide) groups is 1. The summed E-state index contributed by atoms with van der Waals surface area (Å²) in [4.78, 5) is 22.3. The van der Waals surface area contributed by atoms with Crippen LogP contribution in [0.1, 0.15) is 34.3 Å². The molecule has 1 aromatic rings. The van der Waals surface area contributed by atoms with Gasteiger partial charge in [0.05, 0.1) is 5.56 Å². The second kappa shape index (κ2) is 6.34. The number of carbonyl (C=O) groups is 2. The minimum Gasteiger partial charge on any atom is -0.478 e. The summed E-state index contributed by atoms with van der Waals surface area (Å²) >= 11 is 1.71. The average Bonchev–Trinajstić information content (AvgIpc) is 2.75. The molecule has 1 amide bonds. The Bertz CT molecular complexity index is 402. The number of rotatable bonds is 6. The standard InChI is InChI=1S/C11H15NO4S/c1-7(3-4-17-2)12-10(13)9-5-8(6-16-9)11(14)15/h5-7H,3-4H2,1-2H3,(H,12,13)(H,14,15). The molecule has 94 valence electrons. The van der Waals surface area contributed by atoms with Crippen LogP contribution in [0.2, 0.25) is 0 Å². The SMILES string of the molecule is CSCCC(C)NC(=O)c1cc(C(=O)O)co1. The Balaban J connectivity index is 2.54. The van der Waals surface area contributed by atoms with Crippen LogP contribution in [0.25, 0.3) is 0 Å². The maximum absolute atomic E-state index is 11.6. The fraction of sp³-hybridized carbons (Fsp3) is 0.455. The van der Waals surface area contributed by atoms with E-state index in [4.69, 9.17) is 9.52 Å². The lowest BCUT2D eigenvalue weighted by molar-refractivity contribution is 0.0695. The first kappa shape index (κ1) is 13.6. The Morgan fingerprint density at radius 2 is 2.29 bits per heavy atom. The Kier molecular flexibility index (Phi) is 5.09. The van der Waals surface area contributed by atoms with E-state index in [1.165, 1.54) is 6.07 Å². The summed E-state index contributed by atoms with van der Waals surface area (Å²) in [6.07, 6.45) is 3.92. The third-order valence-electron chi connectivity index (χ3n) is 2.20. The normalized spacial score (nSPS) is 12.1. The van der Waals surface area contributed by atoms with Crippen molar-refractivity contribution < 1.29 is 19.1 Å². The molecule has 0 spiro atoms. The zero-order valence-corrected chi connectivity index (χ0v) is 10.5. The number of nitrogens with one attached hydrogen (secondary N) is 1. The minimum absolute atomic E-state index is 0.0214. The van der Waals surface area contributed by atoms with Crippen molar-refractivity contribution >= 4 is 23.6 Å². The van der Waals surface area contributed by atoms with E-state index in [1.54, 1.807) is 11.8 Å². The number of carboxylic acid groups (broad SMARTS) is 1. The molecular formula is C11H15NO4S. The molecule has 0 bridgehead atoms. The predicted octanol–water partition coefficient (Wildman–Crippen LogP) is 1.85. The summed E-state index contributed by atoms with van der Waals surface area (Å²) in [5.74, 6) is -0.507. The van der Waals surface area contributed by atoms with Gasteiger partial charge in [-0.1, -0.05) is 0 Å². The molecule has 0 aromatic carbocycles. The van der Waals surface area contributed by atoms with E-state index < -0.39 is 5.97 Å². The lowest BCUT2D eigenvalue weighted by Gasteiger charge is -2.11. The Hall–Kier alpha value is -1.43. The number of hydrogen-bond donors (Lipinski definition) is 2. The molecule has 5 nitrogen and oxygen atoms in total. The van der Waals surface area contributed by atoms with E-state index >= 15 is 0 Å².